The first-order valence-corrected chi connectivity index (χ1v) is 6.26. The standard InChI is InChI=1S/C13H24O/c1-4-13(2,3)8-7-10-5-6-11-12(9-10)14-11/h10-12H,4-9H2,1-3H3. The van der Waals surface area contributed by atoms with Crippen LogP contribution in [0.15, 0.2) is 0 Å². The average Bonchev–Trinajstić information content (AvgIpc) is 2.93. The third-order valence-electron chi connectivity index (χ3n) is 4.30. The summed E-state index contributed by atoms with van der Waals surface area (Å²) >= 11 is 0. The van der Waals surface area contributed by atoms with Gasteiger partial charge in [-0.3, -0.25) is 0 Å². The van der Waals surface area contributed by atoms with Crippen molar-refractivity contribution in [2.75, 3.05) is 0 Å². The molecular weight excluding hydrogens is 172 g/mol. The molecule has 0 aromatic carbocycles. The van der Waals surface area contributed by atoms with E-state index in [-0.39, 0.29) is 0 Å². The number of fused-ring (bicyclic) bond motifs is 1. The van der Waals surface area contributed by atoms with Gasteiger partial charge >= 0.3 is 0 Å². The SMILES string of the molecule is CCC(C)(C)CCC1CCC2OC2C1. The maximum atomic E-state index is 5.57. The molecule has 3 unspecified atom stereocenters. The van der Waals surface area contributed by atoms with Gasteiger partial charge in [-0.25, -0.2) is 0 Å². The molecule has 0 spiro atoms. The molecule has 1 aliphatic carbocycles. The first-order valence-electron chi connectivity index (χ1n) is 6.26. The summed E-state index contributed by atoms with van der Waals surface area (Å²) in [6.45, 7) is 7.10. The van der Waals surface area contributed by atoms with Crippen molar-refractivity contribution in [1.82, 2.24) is 0 Å². The molecule has 0 aromatic heterocycles. The average molecular weight is 196 g/mol. The predicted molar refractivity (Wildman–Crippen MR) is 59.3 cm³/mol. The lowest BCUT2D eigenvalue weighted by molar-refractivity contribution is 0.258. The van der Waals surface area contributed by atoms with Gasteiger partial charge in [-0.1, -0.05) is 27.2 Å². The van der Waals surface area contributed by atoms with Crippen molar-refractivity contribution < 1.29 is 4.74 Å². The molecule has 0 bridgehead atoms. The van der Waals surface area contributed by atoms with Crippen molar-refractivity contribution in [3.8, 4) is 0 Å². The van der Waals surface area contributed by atoms with Crippen LogP contribution in [0.2, 0.25) is 0 Å². The molecule has 0 aromatic rings. The lowest BCUT2D eigenvalue weighted by atomic mass is 9.78. The lowest BCUT2D eigenvalue weighted by Gasteiger charge is -2.26. The maximum absolute atomic E-state index is 5.57. The molecule has 0 radical (unpaired) electrons. The van der Waals surface area contributed by atoms with Gasteiger partial charge in [-0.2, -0.15) is 0 Å². The van der Waals surface area contributed by atoms with Gasteiger partial charge in [0.05, 0.1) is 12.2 Å². The van der Waals surface area contributed by atoms with Crippen LogP contribution in [0.1, 0.15) is 59.3 Å². The number of ether oxygens (including phenoxy) is 1. The lowest BCUT2D eigenvalue weighted by Crippen LogP contribution is -2.17. The van der Waals surface area contributed by atoms with E-state index in [1.54, 1.807) is 0 Å². The summed E-state index contributed by atoms with van der Waals surface area (Å²) in [6, 6.07) is 0. The van der Waals surface area contributed by atoms with Crippen LogP contribution in [0.25, 0.3) is 0 Å². The third kappa shape index (κ3) is 2.50. The van der Waals surface area contributed by atoms with Crippen LogP contribution in [0, 0.1) is 11.3 Å². The third-order valence-corrected chi connectivity index (χ3v) is 4.30. The van der Waals surface area contributed by atoms with Gasteiger partial charge < -0.3 is 4.74 Å². The molecule has 1 heteroatoms. The Labute approximate surface area is 88.2 Å². The van der Waals surface area contributed by atoms with E-state index in [0.717, 1.165) is 5.92 Å². The van der Waals surface area contributed by atoms with E-state index in [2.05, 4.69) is 20.8 Å². The van der Waals surface area contributed by atoms with E-state index in [4.69, 9.17) is 4.74 Å². The summed E-state index contributed by atoms with van der Waals surface area (Å²) in [7, 11) is 0. The number of hydrogen-bond acceptors (Lipinski definition) is 1. The molecule has 14 heavy (non-hydrogen) atoms. The fourth-order valence-corrected chi connectivity index (χ4v) is 2.52. The highest BCUT2D eigenvalue weighted by Crippen LogP contribution is 2.42. The molecule has 3 atom stereocenters. The van der Waals surface area contributed by atoms with Crippen LogP contribution in [-0.4, -0.2) is 12.2 Å². The molecule has 1 saturated heterocycles. The Balaban J connectivity index is 1.70. The Morgan fingerprint density at radius 1 is 1.21 bits per heavy atom. The van der Waals surface area contributed by atoms with Gasteiger partial charge in [0.2, 0.25) is 0 Å². The second-order valence-electron chi connectivity index (χ2n) is 5.95. The summed E-state index contributed by atoms with van der Waals surface area (Å²) in [5.41, 5.74) is 0.557. The highest BCUT2D eigenvalue weighted by Gasteiger charge is 2.43. The Morgan fingerprint density at radius 3 is 2.64 bits per heavy atom. The molecule has 1 nitrogen and oxygen atoms in total. The summed E-state index contributed by atoms with van der Waals surface area (Å²) in [5.74, 6) is 0.963. The van der Waals surface area contributed by atoms with E-state index >= 15 is 0 Å². The van der Waals surface area contributed by atoms with Crippen LogP contribution < -0.4 is 0 Å². The first kappa shape index (κ1) is 10.5. The van der Waals surface area contributed by atoms with Crippen molar-refractivity contribution in [2.45, 2.75) is 71.5 Å². The highest BCUT2D eigenvalue weighted by atomic mass is 16.6. The van der Waals surface area contributed by atoms with Gasteiger partial charge in [-0.15, -0.1) is 0 Å². The van der Waals surface area contributed by atoms with E-state index in [1.165, 1.54) is 38.5 Å². The second kappa shape index (κ2) is 3.84. The number of hydrogen-bond donors (Lipinski definition) is 0. The van der Waals surface area contributed by atoms with Crippen LogP contribution >= 0.6 is 0 Å². The second-order valence-corrected chi connectivity index (χ2v) is 5.95. The fraction of sp³-hybridized carbons (Fsp3) is 1.00. The van der Waals surface area contributed by atoms with Crippen LogP contribution in [0.4, 0.5) is 0 Å². The molecule has 2 aliphatic rings. The quantitative estimate of drug-likeness (QED) is 0.623. The molecular formula is C13H24O. The highest BCUT2D eigenvalue weighted by molar-refractivity contribution is 4.92. The predicted octanol–water partition coefficient (Wildman–Crippen LogP) is 3.77. The number of rotatable bonds is 4. The molecule has 1 saturated carbocycles. The number of epoxide rings is 1. The van der Waals surface area contributed by atoms with E-state index in [0.29, 0.717) is 17.6 Å². The maximum Gasteiger partial charge on any atom is 0.0844 e. The Morgan fingerprint density at radius 2 is 2.00 bits per heavy atom. The van der Waals surface area contributed by atoms with E-state index in [1.807, 2.05) is 0 Å². The van der Waals surface area contributed by atoms with Gasteiger partial charge in [-0.05, 0) is 43.4 Å². The van der Waals surface area contributed by atoms with Crippen molar-refractivity contribution in [3.63, 3.8) is 0 Å². The minimum absolute atomic E-state index is 0.557. The Kier molecular flexibility index (Phi) is 2.88. The minimum atomic E-state index is 0.557. The molecule has 0 N–H and O–H groups in total. The molecule has 0 amide bonds. The summed E-state index contributed by atoms with van der Waals surface area (Å²) < 4.78 is 5.57. The summed E-state index contributed by atoms with van der Waals surface area (Å²) in [6.07, 6.45) is 9.57. The van der Waals surface area contributed by atoms with Crippen molar-refractivity contribution in [2.24, 2.45) is 11.3 Å². The van der Waals surface area contributed by atoms with Crippen molar-refractivity contribution in [3.05, 3.63) is 0 Å². The molecule has 82 valence electrons. The van der Waals surface area contributed by atoms with Crippen LogP contribution in [0.3, 0.4) is 0 Å². The monoisotopic (exact) mass is 196 g/mol. The fourth-order valence-electron chi connectivity index (χ4n) is 2.52. The van der Waals surface area contributed by atoms with Crippen LogP contribution in [-0.2, 0) is 4.74 Å². The zero-order valence-electron chi connectivity index (χ0n) is 9.88. The normalized spacial score (nSPS) is 36.6. The molecule has 1 heterocycles. The molecule has 2 rings (SSSR count). The van der Waals surface area contributed by atoms with Gasteiger partial charge in [0.25, 0.3) is 0 Å². The summed E-state index contributed by atoms with van der Waals surface area (Å²) in [5, 5.41) is 0. The van der Waals surface area contributed by atoms with Crippen molar-refractivity contribution in [1.29, 1.82) is 0 Å². The van der Waals surface area contributed by atoms with Gasteiger partial charge in [0.1, 0.15) is 0 Å². The first-order chi connectivity index (χ1) is 6.61. The van der Waals surface area contributed by atoms with Crippen molar-refractivity contribution >= 4 is 0 Å². The summed E-state index contributed by atoms with van der Waals surface area (Å²) in [4.78, 5) is 0. The Bertz CT molecular complexity index is 197. The largest absolute Gasteiger partial charge is 0.370 e. The zero-order chi connectivity index (χ0) is 10.2. The van der Waals surface area contributed by atoms with E-state index < -0.39 is 0 Å². The zero-order valence-corrected chi connectivity index (χ0v) is 9.88. The van der Waals surface area contributed by atoms with Gasteiger partial charge in [0, 0.05) is 0 Å². The smallest absolute Gasteiger partial charge is 0.0844 e. The molecule has 1 aliphatic heterocycles. The minimum Gasteiger partial charge on any atom is -0.370 e. The van der Waals surface area contributed by atoms with E-state index in [9.17, 15) is 0 Å². The topological polar surface area (TPSA) is 12.5 Å². The molecule has 2 fully saturated rings. The van der Waals surface area contributed by atoms with Gasteiger partial charge in [0.15, 0.2) is 0 Å². The van der Waals surface area contributed by atoms with Crippen LogP contribution in [0.5, 0.6) is 0 Å². The Hall–Kier alpha value is -0.0400.